The van der Waals surface area contributed by atoms with Crippen molar-refractivity contribution in [3.63, 3.8) is 0 Å². The van der Waals surface area contributed by atoms with Gasteiger partial charge in [0.25, 0.3) is 5.91 Å². The van der Waals surface area contributed by atoms with Crippen LogP contribution in [0.4, 0.5) is 0 Å². The SMILES string of the molecule is CCOc1ccc(C(=O)Oc2ccc(Br)cc2C=NNC(=O)c2cccc3ccccc23)cc1. The number of rotatable bonds is 7. The van der Waals surface area contributed by atoms with E-state index in [2.05, 4.69) is 26.5 Å². The molecule has 4 aromatic carbocycles. The predicted octanol–water partition coefficient (Wildman–Crippen LogP) is 5.98. The standard InChI is InChI=1S/C27H21BrN2O4/c1-2-33-22-13-10-19(11-14-22)27(32)34-25-15-12-21(28)16-20(25)17-29-30-26(31)24-9-5-7-18-6-3-4-8-23(18)24/h3-17H,2H2,1H3,(H,30,31). The molecule has 0 radical (unpaired) electrons. The number of nitrogens with one attached hydrogen (secondary N) is 1. The van der Waals surface area contributed by atoms with Crippen LogP contribution in [0.2, 0.25) is 0 Å². The summed E-state index contributed by atoms with van der Waals surface area (Å²) in [5.74, 6) is 0.137. The van der Waals surface area contributed by atoms with Gasteiger partial charge in [-0.1, -0.05) is 52.3 Å². The number of halogens is 1. The summed E-state index contributed by atoms with van der Waals surface area (Å²) in [5, 5.41) is 5.89. The molecule has 6 nitrogen and oxygen atoms in total. The Labute approximate surface area is 205 Å². The molecule has 0 bridgehead atoms. The van der Waals surface area contributed by atoms with Gasteiger partial charge < -0.3 is 9.47 Å². The van der Waals surface area contributed by atoms with Crippen LogP contribution in [0.3, 0.4) is 0 Å². The monoisotopic (exact) mass is 516 g/mol. The number of esters is 1. The van der Waals surface area contributed by atoms with Crippen LogP contribution in [0.15, 0.2) is 94.5 Å². The van der Waals surface area contributed by atoms with E-state index in [1.807, 2.05) is 43.3 Å². The van der Waals surface area contributed by atoms with Gasteiger partial charge in [0.1, 0.15) is 11.5 Å². The van der Waals surface area contributed by atoms with Gasteiger partial charge in [0.2, 0.25) is 0 Å². The van der Waals surface area contributed by atoms with Crippen molar-refractivity contribution in [3.8, 4) is 11.5 Å². The average molecular weight is 517 g/mol. The molecular formula is C27H21BrN2O4. The molecule has 0 fully saturated rings. The molecule has 4 aromatic rings. The molecule has 4 rings (SSSR count). The van der Waals surface area contributed by atoms with Gasteiger partial charge in [-0.2, -0.15) is 5.10 Å². The van der Waals surface area contributed by atoms with Gasteiger partial charge in [0.05, 0.1) is 18.4 Å². The van der Waals surface area contributed by atoms with E-state index >= 15 is 0 Å². The first-order valence-corrected chi connectivity index (χ1v) is 11.4. The predicted molar refractivity (Wildman–Crippen MR) is 136 cm³/mol. The third-order valence-corrected chi connectivity index (χ3v) is 5.47. The van der Waals surface area contributed by atoms with Crippen LogP contribution in [0, 0.1) is 0 Å². The van der Waals surface area contributed by atoms with E-state index in [4.69, 9.17) is 9.47 Å². The molecule has 0 atom stereocenters. The first kappa shape index (κ1) is 23.2. The number of hydrogen-bond donors (Lipinski definition) is 1. The van der Waals surface area contributed by atoms with Crippen LogP contribution in [-0.2, 0) is 0 Å². The molecule has 0 aromatic heterocycles. The van der Waals surface area contributed by atoms with Crippen LogP contribution >= 0.6 is 15.9 Å². The van der Waals surface area contributed by atoms with Crippen LogP contribution in [0.5, 0.6) is 11.5 Å². The summed E-state index contributed by atoms with van der Waals surface area (Å²) in [6.45, 7) is 2.44. The van der Waals surface area contributed by atoms with Crippen molar-refractivity contribution in [3.05, 3.63) is 106 Å². The number of nitrogens with zero attached hydrogens (tertiary/aromatic N) is 1. The van der Waals surface area contributed by atoms with Crippen molar-refractivity contribution in [1.82, 2.24) is 5.43 Å². The number of carbonyl (C=O) groups is 2. The maximum atomic E-state index is 12.7. The number of amides is 1. The van der Waals surface area contributed by atoms with Crippen LogP contribution < -0.4 is 14.9 Å². The van der Waals surface area contributed by atoms with Crippen molar-refractivity contribution >= 4 is 44.8 Å². The number of benzene rings is 4. The number of carbonyl (C=O) groups excluding carboxylic acids is 2. The van der Waals surface area contributed by atoms with E-state index in [1.54, 1.807) is 48.5 Å². The Morgan fingerprint density at radius 1 is 0.971 bits per heavy atom. The zero-order valence-electron chi connectivity index (χ0n) is 18.3. The molecule has 1 amide bonds. The number of hydrazone groups is 1. The molecule has 34 heavy (non-hydrogen) atoms. The molecule has 0 aliphatic carbocycles. The molecule has 1 N–H and O–H groups in total. The Kier molecular flexibility index (Phi) is 7.34. The van der Waals surface area contributed by atoms with Crippen molar-refractivity contribution in [2.24, 2.45) is 5.10 Å². The Balaban J connectivity index is 1.49. The summed E-state index contributed by atoms with van der Waals surface area (Å²) in [6.07, 6.45) is 1.44. The smallest absolute Gasteiger partial charge is 0.343 e. The first-order chi connectivity index (χ1) is 16.5. The zero-order valence-corrected chi connectivity index (χ0v) is 19.9. The lowest BCUT2D eigenvalue weighted by molar-refractivity contribution is 0.0734. The van der Waals surface area contributed by atoms with E-state index in [9.17, 15) is 9.59 Å². The highest BCUT2D eigenvalue weighted by Crippen LogP contribution is 2.24. The summed E-state index contributed by atoms with van der Waals surface area (Å²) < 4.78 is 11.8. The van der Waals surface area contributed by atoms with Crippen molar-refractivity contribution in [1.29, 1.82) is 0 Å². The summed E-state index contributed by atoms with van der Waals surface area (Å²) in [4.78, 5) is 25.3. The van der Waals surface area contributed by atoms with Gasteiger partial charge in [-0.3, -0.25) is 4.79 Å². The lowest BCUT2D eigenvalue weighted by Crippen LogP contribution is -2.18. The molecule has 0 unspecified atom stereocenters. The Bertz CT molecular complexity index is 1360. The first-order valence-electron chi connectivity index (χ1n) is 10.6. The van der Waals surface area contributed by atoms with Crippen LogP contribution in [0.25, 0.3) is 10.8 Å². The normalized spacial score (nSPS) is 10.9. The molecule has 170 valence electrons. The molecule has 7 heteroatoms. The second-order valence-corrected chi connectivity index (χ2v) is 8.17. The molecule has 0 aliphatic heterocycles. The summed E-state index contributed by atoms with van der Waals surface area (Å²) >= 11 is 3.41. The Hall–Kier alpha value is -3.97. The topological polar surface area (TPSA) is 77.0 Å². The van der Waals surface area contributed by atoms with E-state index in [0.29, 0.717) is 34.8 Å². The summed E-state index contributed by atoms with van der Waals surface area (Å²) in [5.41, 5.74) is 3.98. The Morgan fingerprint density at radius 2 is 1.74 bits per heavy atom. The van der Waals surface area contributed by atoms with Gasteiger partial charge >= 0.3 is 5.97 Å². The maximum Gasteiger partial charge on any atom is 0.343 e. The Morgan fingerprint density at radius 3 is 2.53 bits per heavy atom. The fourth-order valence-electron chi connectivity index (χ4n) is 3.37. The van der Waals surface area contributed by atoms with E-state index in [0.717, 1.165) is 15.2 Å². The van der Waals surface area contributed by atoms with Crippen LogP contribution in [0.1, 0.15) is 33.2 Å². The lowest BCUT2D eigenvalue weighted by Gasteiger charge is -2.09. The third kappa shape index (κ3) is 5.50. The summed E-state index contributed by atoms with van der Waals surface area (Å²) in [6, 6.07) is 25.0. The van der Waals surface area contributed by atoms with Crippen molar-refractivity contribution in [2.75, 3.05) is 6.61 Å². The largest absolute Gasteiger partial charge is 0.494 e. The van der Waals surface area contributed by atoms with Gasteiger partial charge in [-0.15, -0.1) is 0 Å². The minimum absolute atomic E-state index is 0.310. The highest BCUT2D eigenvalue weighted by atomic mass is 79.9. The quantitative estimate of drug-likeness (QED) is 0.142. The minimum atomic E-state index is -0.514. The van der Waals surface area contributed by atoms with E-state index in [1.165, 1.54) is 6.21 Å². The van der Waals surface area contributed by atoms with Crippen molar-refractivity contribution in [2.45, 2.75) is 6.92 Å². The molecule has 0 aliphatic rings. The minimum Gasteiger partial charge on any atom is -0.494 e. The number of ether oxygens (including phenoxy) is 2. The van der Waals surface area contributed by atoms with Gasteiger partial charge in [-0.05, 0) is 66.2 Å². The zero-order chi connectivity index (χ0) is 23.9. The molecular weight excluding hydrogens is 496 g/mol. The lowest BCUT2D eigenvalue weighted by atomic mass is 10.0. The molecule has 0 saturated heterocycles. The van der Waals surface area contributed by atoms with E-state index in [-0.39, 0.29) is 5.91 Å². The van der Waals surface area contributed by atoms with Gasteiger partial charge in [-0.25, -0.2) is 10.2 Å². The molecule has 0 saturated carbocycles. The highest BCUT2D eigenvalue weighted by molar-refractivity contribution is 9.10. The maximum absolute atomic E-state index is 12.7. The molecule has 0 spiro atoms. The molecule has 0 heterocycles. The third-order valence-electron chi connectivity index (χ3n) is 4.98. The summed E-state index contributed by atoms with van der Waals surface area (Å²) in [7, 11) is 0. The second-order valence-electron chi connectivity index (χ2n) is 7.25. The fourth-order valence-corrected chi connectivity index (χ4v) is 3.75. The van der Waals surface area contributed by atoms with Crippen molar-refractivity contribution < 1.29 is 19.1 Å². The average Bonchev–Trinajstić information content (AvgIpc) is 2.85. The van der Waals surface area contributed by atoms with E-state index < -0.39 is 5.97 Å². The van der Waals surface area contributed by atoms with Crippen LogP contribution in [-0.4, -0.2) is 24.7 Å². The fraction of sp³-hybridized carbons (Fsp3) is 0.0741. The number of fused-ring (bicyclic) bond motifs is 1. The second kappa shape index (κ2) is 10.8. The highest BCUT2D eigenvalue weighted by Gasteiger charge is 2.13. The van der Waals surface area contributed by atoms with Gasteiger partial charge in [0.15, 0.2) is 0 Å². The van der Waals surface area contributed by atoms with Gasteiger partial charge in [0, 0.05) is 15.6 Å². The number of hydrogen-bond acceptors (Lipinski definition) is 5.